The first kappa shape index (κ1) is 27.4. The second kappa shape index (κ2) is 11.5. The number of carbonyl (C=O) groups excluding carboxylic acids is 1. The van der Waals surface area contributed by atoms with Gasteiger partial charge in [0, 0.05) is 19.2 Å². The van der Waals surface area contributed by atoms with Crippen molar-refractivity contribution in [3.8, 4) is 0 Å². The molecule has 1 saturated heterocycles. The fourth-order valence-corrected chi connectivity index (χ4v) is 3.62. The summed E-state index contributed by atoms with van der Waals surface area (Å²) in [5.74, 6) is -1.47. The number of aliphatic hydroxyl groups excluding tert-OH is 1. The second-order valence-corrected chi connectivity index (χ2v) is 9.41. The van der Waals surface area contributed by atoms with Crippen molar-refractivity contribution in [2.75, 3.05) is 20.3 Å². The van der Waals surface area contributed by atoms with Gasteiger partial charge in [0.05, 0.1) is 37.5 Å². The van der Waals surface area contributed by atoms with Gasteiger partial charge in [-0.1, -0.05) is 0 Å². The number of nitrogens with two attached hydrogens (primary N) is 1. The first-order valence-electron chi connectivity index (χ1n) is 11.0. The fourth-order valence-electron chi connectivity index (χ4n) is 3.62. The molecule has 0 radical (unpaired) electrons. The van der Waals surface area contributed by atoms with Crippen LogP contribution < -0.4 is 5.73 Å². The molecule has 1 aliphatic rings. The molecule has 0 spiro atoms. The largest absolute Gasteiger partial charge is 0.444 e. The predicted octanol–water partition coefficient (Wildman–Crippen LogP) is 2.60. The molecular formula is C23H36F2N2O6. The maximum absolute atomic E-state index is 13.6. The van der Waals surface area contributed by atoms with E-state index < -0.39 is 53.8 Å². The number of methoxy groups -OCH3 is 1. The molecule has 8 nitrogen and oxygen atoms in total. The summed E-state index contributed by atoms with van der Waals surface area (Å²) in [5, 5.41) is 11.0. The number of hydrogen-bond donors (Lipinski definition) is 2. The Morgan fingerprint density at radius 1 is 1.30 bits per heavy atom. The maximum atomic E-state index is 13.6. The van der Waals surface area contributed by atoms with E-state index in [0.29, 0.717) is 5.56 Å². The quantitative estimate of drug-likeness (QED) is 0.597. The van der Waals surface area contributed by atoms with Crippen LogP contribution in [0.15, 0.2) is 18.2 Å². The Kier molecular flexibility index (Phi) is 9.57. The van der Waals surface area contributed by atoms with Crippen LogP contribution in [0.5, 0.6) is 0 Å². The fraction of sp³-hybridized carbons (Fsp3) is 0.696. The lowest BCUT2D eigenvalue weighted by Gasteiger charge is -2.46. The van der Waals surface area contributed by atoms with E-state index >= 15 is 0 Å². The van der Waals surface area contributed by atoms with Gasteiger partial charge in [0.1, 0.15) is 17.2 Å². The number of morpholine rings is 1. The topological polar surface area (TPSA) is 103 Å². The number of nitrogens with zero attached hydrogens (tertiary/aromatic N) is 1. The van der Waals surface area contributed by atoms with Crippen LogP contribution in [-0.2, 0) is 25.4 Å². The van der Waals surface area contributed by atoms with Crippen molar-refractivity contribution in [2.24, 2.45) is 5.73 Å². The monoisotopic (exact) mass is 474 g/mol. The number of carbonyl (C=O) groups is 1. The molecule has 10 heteroatoms. The molecule has 188 valence electrons. The van der Waals surface area contributed by atoms with Crippen LogP contribution in [-0.4, -0.2) is 78.6 Å². The maximum Gasteiger partial charge on any atom is 0.411 e. The Hall–Kier alpha value is -1.85. The molecule has 0 saturated carbocycles. The zero-order chi connectivity index (χ0) is 24.9. The summed E-state index contributed by atoms with van der Waals surface area (Å²) < 4.78 is 49.4. The molecule has 1 amide bonds. The van der Waals surface area contributed by atoms with E-state index in [4.69, 9.17) is 24.7 Å². The van der Waals surface area contributed by atoms with Gasteiger partial charge in [-0.15, -0.1) is 0 Å². The summed E-state index contributed by atoms with van der Waals surface area (Å²) in [6.07, 6.45) is -2.87. The smallest absolute Gasteiger partial charge is 0.411 e. The Bertz CT molecular complexity index is 770. The first-order valence-corrected chi connectivity index (χ1v) is 11.0. The zero-order valence-electron chi connectivity index (χ0n) is 20.1. The highest BCUT2D eigenvalue weighted by Crippen LogP contribution is 2.26. The molecule has 2 rings (SSSR count). The third-order valence-corrected chi connectivity index (χ3v) is 5.35. The standard InChI is InChI=1S/C23H36F2N2O6/c1-13(30-6)11-31-21-14(2)27(22(29)33-23(3,4)5)19(12-32-21)20(28)18(26)9-15-7-16(24)10-17(25)8-15/h7-8,10,13-14,18-21,28H,9,11-12,26H2,1-6H3/t13?,14-,18-,19+,20-,21-/m0/s1. The average molecular weight is 475 g/mol. The summed E-state index contributed by atoms with van der Waals surface area (Å²) in [6, 6.07) is 0.670. The van der Waals surface area contributed by atoms with Crippen molar-refractivity contribution < 1.29 is 37.6 Å². The summed E-state index contributed by atoms with van der Waals surface area (Å²) in [7, 11) is 1.56. The van der Waals surface area contributed by atoms with Gasteiger partial charge in [-0.05, 0) is 58.7 Å². The van der Waals surface area contributed by atoms with Crippen molar-refractivity contribution in [1.82, 2.24) is 4.90 Å². The normalized spacial score (nSPS) is 24.3. The molecule has 1 aliphatic heterocycles. The summed E-state index contributed by atoms with van der Waals surface area (Å²) >= 11 is 0. The number of aliphatic hydroxyl groups is 1. The van der Waals surface area contributed by atoms with E-state index in [1.165, 1.54) is 4.90 Å². The highest BCUT2D eigenvalue weighted by atomic mass is 19.1. The third-order valence-electron chi connectivity index (χ3n) is 5.35. The van der Waals surface area contributed by atoms with E-state index in [9.17, 15) is 18.7 Å². The molecule has 1 fully saturated rings. The lowest BCUT2D eigenvalue weighted by atomic mass is 9.95. The summed E-state index contributed by atoms with van der Waals surface area (Å²) in [5.41, 5.74) is 5.71. The van der Waals surface area contributed by atoms with Crippen LogP contribution in [0.2, 0.25) is 0 Å². The number of amides is 1. The van der Waals surface area contributed by atoms with Crippen LogP contribution in [0.3, 0.4) is 0 Å². The van der Waals surface area contributed by atoms with E-state index in [-0.39, 0.29) is 25.7 Å². The van der Waals surface area contributed by atoms with Crippen molar-refractivity contribution in [1.29, 1.82) is 0 Å². The SMILES string of the molecule is COC(C)CO[C@H]1OC[C@H]([C@@H](O)[C@@H](N)Cc2cc(F)cc(F)c2)N(C(=O)OC(C)(C)C)[C@H]1C. The van der Waals surface area contributed by atoms with Gasteiger partial charge in [-0.25, -0.2) is 13.6 Å². The van der Waals surface area contributed by atoms with E-state index in [2.05, 4.69) is 0 Å². The summed E-state index contributed by atoms with van der Waals surface area (Å²) in [6.45, 7) is 8.94. The molecule has 0 bridgehead atoms. The summed E-state index contributed by atoms with van der Waals surface area (Å²) in [4.78, 5) is 14.4. The Morgan fingerprint density at radius 3 is 2.45 bits per heavy atom. The number of rotatable bonds is 8. The van der Waals surface area contributed by atoms with E-state index in [1.54, 1.807) is 34.8 Å². The average Bonchev–Trinajstić information content (AvgIpc) is 2.69. The van der Waals surface area contributed by atoms with Gasteiger partial charge in [-0.2, -0.15) is 0 Å². The lowest BCUT2D eigenvalue weighted by molar-refractivity contribution is -0.233. The van der Waals surface area contributed by atoms with E-state index in [1.807, 2.05) is 6.92 Å². The molecule has 3 N–H and O–H groups in total. The number of ether oxygens (including phenoxy) is 4. The first-order chi connectivity index (χ1) is 15.3. The van der Waals surface area contributed by atoms with Crippen molar-refractivity contribution in [3.63, 3.8) is 0 Å². The highest BCUT2D eigenvalue weighted by Gasteiger charge is 2.45. The Labute approximate surface area is 193 Å². The molecule has 6 atom stereocenters. The van der Waals surface area contributed by atoms with Crippen molar-refractivity contribution in [3.05, 3.63) is 35.4 Å². The van der Waals surface area contributed by atoms with Crippen molar-refractivity contribution >= 4 is 6.09 Å². The van der Waals surface area contributed by atoms with Gasteiger partial charge in [-0.3, -0.25) is 4.90 Å². The minimum Gasteiger partial charge on any atom is -0.444 e. The van der Waals surface area contributed by atoms with Gasteiger partial charge in [0.25, 0.3) is 0 Å². The van der Waals surface area contributed by atoms with Crippen LogP contribution in [0.1, 0.15) is 40.2 Å². The van der Waals surface area contributed by atoms with E-state index in [0.717, 1.165) is 18.2 Å². The van der Waals surface area contributed by atoms with Crippen LogP contribution in [0.25, 0.3) is 0 Å². The Morgan fingerprint density at radius 2 is 1.91 bits per heavy atom. The molecule has 1 aromatic carbocycles. The van der Waals surface area contributed by atoms with Crippen LogP contribution in [0.4, 0.5) is 13.6 Å². The lowest BCUT2D eigenvalue weighted by Crippen LogP contribution is -2.65. The molecular weight excluding hydrogens is 438 g/mol. The molecule has 0 aliphatic carbocycles. The number of hydrogen-bond acceptors (Lipinski definition) is 7. The number of halogens is 2. The van der Waals surface area contributed by atoms with Gasteiger partial charge >= 0.3 is 6.09 Å². The molecule has 1 aromatic rings. The molecule has 1 unspecified atom stereocenters. The molecule has 1 heterocycles. The van der Waals surface area contributed by atoms with Crippen LogP contribution >= 0.6 is 0 Å². The van der Waals surface area contributed by atoms with Gasteiger partial charge < -0.3 is 29.8 Å². The minimum atomic E-state index is -1.26. The number of benzene rings is 1. The Balaban J connectivity index is 2.21. The third kappa shape index (κ3) is 7.86. The zero-order valence-corrected chi connectivity index (χ0v) is 20.1. The van der Waals surface area contributed by atoms with Crippen molar-refractivity contribution in [2.45, 2.75) is 83.3 Å². The molecule has 33 heavy (non-hydrogen) atoms. The highest BCUT2D eigenvalue weighted by molar-refractivity contribution is 5.69. The molecule has 0 aromatic heterocycles. The van der Waals surface area contributed by atoms with Crippen LogP contribution in [0, 0.1) is 11.6 Å². The van der Waals surface area contributed by atoms with Gasteiger partial charge in [0.15, 0.2) is 6.29 Å². The second-order valence-electron chi connectivity index (χ2n) is 9.41. The van der Waals surface area contributed by atoms with Gasteiger partial charge in [0.2, 0.25) is 0 Å². The minimum absolute atomic E-state index is 0.00579. The predicted molar refractivity (Wildman–Crippen MR) is 118 cm³/mol.